The Morgan fingerprint density at radius 2 is 1.94 bits per heavy atom. The van der Waals surface area contributed by atoms with Crippen LogP contribution in [-0.4, -0.2) is 32.0 Å². The number of nitrogens with zero attached hydrogens (tertiary/aromatic N) is 2. The lowest BCUT2D eigenvalue weighted by Gasteiger charge is -2.16. The molecule has 2 rings (SSSR count). The van der Waals surface area contributed by atoms with Crippen molar-refractivity contribution in [3.8, 4) is 0 Å². The van der Waals surface area contributed by atoms with Crippen LogP contribution in [0.5, 0.6) is 0 Å². The molecule has 0 fully saturated rings. The van der Waals surface area contributed by atoms with Crippen molar-refractivity contribution >= 4 is 11.0 Å². The maximum Gasteiger partial charge on any atom is 0.112 e. The number of fused-ring (bicyclic) bond motifs is 1. The second kappa shape index (κ2) is 5.50. The molecule has 0 saturated carbocycles. The van der Waals surface area contributed by atoms with E-state index in [-0.39, 0.29) is 0 Å². The fourth-order valence-corrected chi connectivity index (χ4v) is 2.19. The lowest BCUT2D eigenvalue weighted by atomic mass is 10.1. The molecule has 4 heteroatoms. The molecule has 1 heterocycles. The van der Waals surface area contributed by atoms with Gasteiger partial charge in [-0.2, -0.15) is 0 Å². The Hall–Kier alpha value is -1.39. The van der Waals surface area contributed by atoms with E-state index in [1.54, 1.807) is 0 Å². The molecule has 4 nitrogen and oxygen atoms in total. The van der Waals surface area contributed by atoms with Crippen LogP contribution in [-0.2, 0) is 13.5 Å². The second-order valence-electron chi connectivity index (χ2n) is 4.70. The summed E-state index contributed by atoms with van der Waals surface area (Å²) in [5.41, 5.74) is 1.97. The third-order valence-electron chi connectivity index (χ3n) is 3.30. The van der Waals surface area contributed by atoms with Gasteiger partial charge in [-0.1, -0.05) is 25.5 Å². The zero-order valence-electron chi connectivity index (χ0n) is 10.9. The third-order valence-corrected chi connectivity index (χ3v) is 3.30. The molecule has 1 aromatic heterocycles. The summed E-state index contributed by atoms with van der Waals surface area (Å²) in [4.78, 5) is 4.49. The molecule has 18 heavy (non-hydrogen) atoms. The average molecular weight is 248 g/mol. The first kappa shape index (κ1) is 13.1. The molecule has 1 aromatic carbocycles. The molecule has 2 N–H and O–H groups in total. The summed E-state index contributed by atoms with van der Waals surface area (Å²) in [6.45, 7) is 1.99. The quantitative estimate of drug-likeness (QED) is 0.845. The second-order valence-corrected chi connectivity index (χ2v) is 4.70. The summed E-state index contributed by atoms with van der Waals surface area (Å²) in [6, 6.07) is 7.87. The first-order chi connectivity index (χ1) is 8.63. The molecular weight excluding hydrogens is 228 g/mol. The van der Waals surface area contributed by atoms with Crippen LogP contribution in [0.25, 0.3) is 11.0 Å². The van der Waals surface area contributed by atoms with Crippen LogP contribution in [0.2, 0.25) is 0 Å². The third kappa shape index (κ3) is 2.54. The van der Waals surface area contributed by atoms with Crippen molar-refractivity contribution in [3.63, 3.8) is 0 Å². The van der Waals surface area contributed by atoms with Crippen LogP contribution in [0, 0.1) is 0 Å². The summed E-state index contributed by atoms with van der Waals surface area (Å²) in [5.74, 6) is 0.804. The van der Waals surface area contributed by atoms with Gasteiger partial charge in [0.25, 0.3) is 0 Å². The number of aromatic nitrogens is 2. The molecule has 2 unspecified atom stereocenters. The van der Waals surface area contributed by atoms with Crippen molar-refractivity contribution in [3.05, 3.63) is 30.1 Å². The van der Waals surface area contributed by atoms with E-state index in [9.17, 15) is 10.2 Å². The van der Waals surface area contributed by atoms with E-state index in [4.69, 9.17) is 0 Å². The Kier molecular flexibility index (Phi) is 3.99. The van der Waals surface area contributed by atoms with Crippen LogP contribution in [0.4, 0.5) is 0 Å². The number of imidazole rings is 1. The van der Waals surface area contributed by atoms with Gasteiger partial charge < -0.3 is 14.8 Å². The van der Waals surface area contributed by atoms with Crippen molar-refractivity contribution < 1.29 is 10.2 Å². The van der Waals surface area contributed by atoms with E-state index in [2.05, 4.69) is 4.98 Å². The van der Waals surface area contributed by atoms with Gasteiger partial charge in [0.2, 0.25) is 0 Å². The van der Waals surface area contributed by atoms with Crippen LogP contribution in [0.3, 0.4) is 0 Å². The Labute approximate surface area is 107 Å². The number of aryl methyl sites for hydroxylation is 1. The molecule has 0 spiro atoms. The Bertz CT molecular complexity index is 521. The standard InChI is InChI=1S/C14H20N2O2/c1-3-6-12(17)13(18)9-14-15-10-7-4-5-8-11(10)16(14)2/h4-5,7-8,12-13,17-18H,3,6,9H2,1-2H3. The predicted molar refractivity (Wildman–Crippen MR) is 71.3 cm³/mol. The summed E-state index contributed by atoms with van der Waals surface area (Å²) >= 11 is 0. The maximum atomic E-state index is 9.95. The summed E-state index contributed by atoms with van der Waals surface area (Å²) < 4.78 is 1.97. The monoisotopic (exact) mass is 248 g/mol. The lowest BCUT2D eigenvalue weighted by molar-refractivity contribution is 0.0134. The molecular formula is C14H20N2O2. The number of hydrogen-bond acceptors (Lipinski definition) is 3. The molecule has 0 radical (unpaired) electrons. The van der Waals surface area contributed by atoms with Crippen molar-refractivity contribution in [2.45, 2.75) is 38.4 Å². The molecule has 2 aromatic rings. The SMILES string of the molecule is CCCC(O)C(O)Cc1nc2ccccc2n1C. The van der Waals surface area contributed by atoms with E-state index in [1.807, 2.05) is 42.8 Å². The minimum Gasteiger partial charge on any atom is -0.390 e. The van der Waals surface area contributed by atoms with E-state index in [1.165, 1.54) is 0 Å². The molecule has 2 atom stereocenters. The number of rotatable bonds is 5. The van der Waals surface area contributed by atoms with Crippen molar-refractivity contribution in [1.82, 2.24) is 9.55 Å². The minimum absolute atomic E-state index is 0.381. The highest BCUT2D eigenvalue weighted by Crippen LogP contribution is 2.16. The first-order valence-corrected chi connectivity index (χ1v) is 6.40. The van der Waals surface area contributed by atoms with E-state index in [0.29, 0.717) is 12.8 Å². The predicted octanol–water partition coefficient (Wildman–Crippen LogP) is 1.64. The Balaban J connectivity index is 2.19. The fraction of sp³-hybridized carbons (Fsp3) is 0.500. The highest BCUT2D eigenvalue weighted by atomic mass is 16.3. The number of hydrogen-bond donors (Lipinski definition) is 2. The normalized spacial score (nSPS) is 14.9. The topological polar surface area (TPSA) is 58.3 Å². The van der Waals surface area contributed by atoms with Gasteiger partial charge in [0.05, 0.1) is 23.2 Å². The number of benzene rings is 1. The van der Waals surface area contributed by atoms with E-state index < -0.39 is 12.2 Å². The molecule has 98 valence electrons. The average Bonchev–Trinajstić information content (AvgIpc) is 2.67. The molecule has 0 saturated heterocycles. The summed E-state index contributed by atoms with van der Waals surface area (Å²) in [6.07, 6.45) is 0.438. The van der Waals surface area contributed by atoms with Crippen LogP contribution >= 0.6 is 0 Å². The minimum atomic E-state index is -0.750. The van der Waals surface area contributed by atoms with Gasteiger partial charge in [0.15, 0.2) is 0 Å². The van der Waals surface area contributed by atoms with Gasteiger partial charge in [-0.25, -0.2) is 4.98 Å². The molecule has 0 aliphatic heterocycles. The Morgan fingerprint density at radius 3 is 2.61 bits per heavy atom. The fourth-order valence-electron chi connectivity index (χ4n) is 2.19. The Morgan fingerprint density at radius 1 is 1.22 bits per heavy atom. The summed E-state index contributed by atoms with van der Waals surface area (Å²) in [5, 5.41) is 19.7. The van der Waals surface area contributed by atoms with Crippen molar-refractivity contribution in [1.29, 1.82) is 0 Å². The van der Waals surface area contributed by atoms with E-state index >= 15 is 0 Å². The van der Waals surface area contributed by atoms with Gasteiger partial charge in [0.1, 0.15) is 5.82 Å². The highest BCUT2D eigenvalue weighted by molar-refractivity contribution is 5.75. The van der Waals surface area contributed by atoms with Gasteiger partial charge in [0, 0.05) is 13.5 Å². The molecule has 0 aliphatic rings. The zero-order valence-corrected chi connectivity index (χ0v) is 10.9. The van der Waals surface area contributed by atoms with Gasteiger partial charge >= 0.3 is 0 Å². The number of aliphatic hydroxyl groups excluding tert-OH is 2. The summed E-state index contributed by atoms with van der Waals surface area (Å²) in [7, 11) is 1.93. The van der Waals surface area contributed by atoms with Crippen LogP contribution in [0.15, 0.2) is 24.3 Å². The van der Waals surface area contributed by atoms with Gasteiger partial charge in [-0.15, -0.1) is 0 Å². The lowest BCUT2D eigenvalue weighted by Crippen LogP contribution is -2.28. The molecule has 0 aliphatic carbocycles. The van der Waals surface area contributed by atoms with Crippen LogP contribution < -0.4 is 0 Å². The largest absolute Gasteiger partial charge is 0.390 e. The van der Waals surface area contributed by atoms with Crippen LogP contribution in [0.1, 0.15) is 25.6 Å². The highest BCUT2D eigenvalue weighted by Gasteiger charge is 2.18. The van der Waals surface area contributed by atoms with Crippen molar-refractivity contribution in [2.24, 2.45) is 7.05 Å². The zero-order chi connectivity index (χ0) is 13.1. The smallest absolute Gasteiger partial charge is 0.112 e. The maximum absolute atomic E-state index is 9.95. The van der Waals surface area contributed by atoms with E-state index in [0.717, 1.165) is 23.3 Å². The molecule has 0 amide bonds. The van der Waals surface area contributed by atoms with Gasteiger partial charge in [-0.05, 0) is 18.6 Å². The van der Waals surface area contributed by atoms with Crippen molar-refractivity contribution in [2.75, 3.05) is 0 Å². The molecule has 0 bridgehead atoms. The van der Waals surface area contributed by atoms with Gasteiger partial charge in [-0.3, -0.25) is 0 Å². The number of aliphatic hydroxyl groups is 2. The first-order valence-electron chi connectivity index (χ1n) is 6.40. The number of para-hydroxylation sites is 2.